The number of fused-ring (bicyclic) bond motifs is 1. The number of hydrogen-bond acceptors (Lipinski definition) is 4. The maximum Gasteiger partial charge on any atom is 0.253 e. The molecule has 0 saturated carbocycles. The van der Waals surface area contributed by atoms with Crippen molar-refractivity contribution in [2.24, 2.45) is 5.92 Å². The SMILES string of the molecule is O=C(c1ccc2nc[nH]c2c1)N1CCC(C2OCCO2)C1. The zero-order chi connectivity index (χ0) is 14.2. The molecule has 6 heteroatoms. The quantitative estimate of drug-likeness (QED) is 0.906. The fourth-order valence-corrected chi connectivity index (χ4v) is 3.09. The molecule has 1 unspecified atom stereocenters. The van der Waals surface area contributed by atoms with E-state index in [4.69, 9.17) is 9.47 Å². The molecule has 3 heterocycles. The maximum atomic E-state index is 12.6. The van der Waals surface area contributed by atoms with Crippen LogP contribution < -0.4 is 0 Å². The van der Waals surface area contributed by atoms with Crippen LogP contribution in [0.2, 0.25) is 0 Å². The van der Waals surface area contributed by atoms with Gasteiger partial charge in [0.05, 0.1) is 30.6 Å². The molecule has 0 spiro atoms. The minimum Gasteiger partial charge on any atom is -0.350 e. The highest BCUT2D eigenvalue weighted by molar-refractivity contribution is 5.97. The first-order chi connectivity index (χ1) is 10.3. The molecule has 0 radical (unpaired) electrons. The van der Waals surface area contributed by atoms with E-state index >= 15 is 0 Å². The van der Waals surface area contributed by atoms with E-state index in [0.717, 1.165) is 24.0 Å². The Balaban J connectivity index is 1.49. The number of H-pyrrole nitrogens is 1. The van der Waals surface area contributed by atoms with Crippen LogP contribution in [0.15, 0.2) is 24.5 Å². The van der Waals surface area contributed by atoms with Crippen molar-refractivity contribution >= 4 is 16.9 Å². The summed E-state index contributed by atoms with van der Waals surface area (Å²) in [5, 5.41) is 0. The van der Waals surface area contributed by atoms with Crippen molar-refractivity contribution in [1.29, 1.82) is 0 Å². The predicted octanol–water partition coefficient (Wildman–Crippen LogP) is 1.40. The molecule has 4 rings (SSSR count). The number of carbonyl (C=O) groups is 1. The van der Waals surface area contributed by atoms with Gasteiger partial charge in [-0.15, -0.1) is 0 Å². The van der Waals surface area contributed by atoms with E-state index in [1.165, 1.54) is 0 Å². The molecule has 1 aromatic heterocycles. The number of amides is 1. The first-order valence-corrected chi connectivity index (χ1v) is 7.27. The molecular weight excluding hydrogens is 270 g/mol. The normalized spacial score (nSPS) is 23.2. The van der Waals surface area contributed by atoms with Crippen LogP contribution in [-0.4, -0.2) is 53.4 Å². The number of aromatic amines is 1. The summed E-state index contributed by atoms with van der Waals surface area (Å²) < 4.78 is 11.1. The second-order valence-corrected chi connectivity index (χ2v) is 5.54. The number of benzene rings is 1. The molecule has 6 nitrogen and oxygen atoms in total. The van der Waals surface area contributed by atoms with Crippen LogP contribution in [0.1, 0.15) is 16.8 Å². The lowest BCUT2D eigenvalue weighted by Crippen LogP contribution is -2.31. The van der Waals surface area contributed by atoms with Crippen LogP contribution >= 0.6 is 0 Å². The third kappa shape index (κ3) is 2.30. The van der Waals surface area contributed by atoms with Crippen LogP contribution in [-0.2, 0) is 9.47 Å². The number of carbonyl (C=O) groups excluding carboxylic acids is 1. The number of imidazole rings is 1. The fourth-order valence-electron chi connectivity index (χ4n) is 3.09. The Labute approximate surface area is 122 Å². The van der Waals surface area contributed by atoms with Crippen molar-refractivity contribution in [2.75, 3.05) is 26.3 Å². The van der Waals surface area contributed by atoms with Gasteiger partial charge in [0.15, 0.2) is 6.29 Å². The first-order valence-electron chi connectivity index (χ1n) is 7.27. The van der Waals surface area contributed by atoms with Gasteiger partial charge in [0.2, 0.25) is 0 Å². The molecule has 2 aliphatic heterocycles. The largest absolute Gasteiger partial charge is 0.350 e. The predicted molar refractivity (Wildman–Crippen MR) is 75.8 cm³/mol. The summed E-state index contributed by atoms with van der Waals surface area (Å²) in [5.41, 5.74) is 2.46. The molecule has 0 bridgehead atoms. The summed E-state index contributed by atoms with van der Waals surface area (Å²) in [6.07, 6.45) is 2.43. The van der Waals surface area contributed by atoms with Gasteiger partial charge in [-0.2, -0.15) is 0 Å². The van der Waals surface area contributed by atoms with Gasteiger partial charge in [0, 0.05) is 24.6 Å². The molecule has 1 atom stereocenters. The summed E-state index contributed by atoms with van der Waals surface area (Å²) in [6.45, 7) is 2.77. The van der Waals surface area contributed by atoms with Crippen LogP contribution in [0, 0.1) is 5.92 Å². The number of rotatable bonds is 2. The Morgan fingerprint density at radius 1 is 1.33 bits per heavy atom. The number of nitrogens with zero attached hydrogens (tertiary/aromatic N) is 2. The number of likely N-dealkylation sites (tertiary alicyclic amines) is 1. The average Bonchev–Trinajstić information content (AvgIpc) is 3.24. The van der Waals surface area contributed by atoms with Crippen molar-refractivity contribution < 1.29 is 14.3 Å². The molecule has 2 fully saturated rings. The second-order valence-electron chi connectivity index (χ2n) is 5.54. The Morgan fingerprint density at radius 3 is 3.05 bits per heavy atom. The van der Waals surface area contributed by atoms with Crippen molar-refractivity contribution in [3.63, 3.8) is 0 Å². The van der Waals surface area contributed by atoms with Crippen molar-refractivity contribution in [3.05, 3.63) is 30.1 Å². The van der Waals surface area contributed by atoms with E-state index in [1.807, 2.05) is 23.1 Å². The van der Waals surface area contributed by atoms with E-state index in [2.05, 4.69) is 9.97 Å². The fraction of sp³-hybridized carbons (Fsp3) is 0.467. The molecule has 1 amide bonds. The zero-order valence-electron chi connectivity index (χ0n) is 11.6. The highest BCUT2D eigenvalue weighted by Gasteiger charge is 2.35. The second kappa shape index (κ2) is 5.13. The molecule has 1 N–H and O–H groups in total. The third-order valence-electron chi connectivity index (χ3n) is 4.21. The van der Waals surface area contributed by atoms with Crippen molar-refractivity contribution in [1.82, 2.24) is 14.9 Å². The summed E-state index contributed by atoms with van der Waals surface area (Å²) >= 11 is 0. The van der Waals surface area contributed by atoms with Gasteiger partial charge >= 0.3 is 0 Å². The van der Waals surface area contributed by atoms with Gasteiger partial charge in [0.1, 0.15) is 0 Å². The van der Waals surface area contributed by atoms with E-state index in [-0.39, 0.29) is 18.1 Å². The summed E-state index contributed by atoms with van der Waals surface area (Å²) in [6, 6.07) is 5.57. The molecule has 0 aliphatic carbocycles. The maximum absolute atomic E-state index is 12.6. The number of aromatic nitrogens is 2. The summed E-state index contributed by atoms with van der Waals surface area (Å²) in [4.78, 5) is 21.7. The summed E-state index contributed by atoms with van der Waals surface area (Å²) in [5.74, 6) is 0.347. The highest BCUT2D eigenvalue weighted by Crippen LogP contribution is 2.26. The average molecular weight is 287 g/mol. The minimum atomic E-state index is -0.141. The van der Waals surface area contributed by atoms with Crippen LogP contribution in [0.4, 0.5) is 0 Å². The molecular formula is C15H17N3O3. The van der Waals surface area contributed by atoms with Crippen molar-refractivity contribution in [2.45, 2.75) is 12.7 Å². The van der Waals surface area contributed by atoms with Gasteiger partial charge in [-0.05, 0) is 24.6 Å². The lowest BCUT2D eigenvalue weighted by Gasteiger charge is -2.19. The van der Waals surface area contributed by atoms with Gasteiger partial charge in [-0.25, -0.2) is 4.98 Å². The molecule has 2 saturated heterocycles. The number of ether oxygens (including phenoxy) is 2. The van der Waals surface area contributed by atoms with Gasteiger partial charge in [-0.1, -0.05) is 0 Å². The number of hydrogen-bond donors (Lipinski definition) is 1. The van der Waals surface area contributed by atoms with Crippen LogP contribution in [0.5, 0.6) is 0 Å². The van der Waals surface area contributed by atoms with E-state index in [0.29, 0.717) is 25.3 Å². The number of nitrogens with one attached hydrogen (secondary N) is 1. The van der Waals surface area contributed by atoms with Crippen LogP contribution in [0.3, 0.4) is 0 Å². The monoisotopic (exact) mass is 287 g/mol. The van der Waals surface area contributed by atoms with E-state index in [9.17, 15) is 4.79 Å². The molecule has 2 aliphatic rings. The molecule has 110 valence electrons. The zero-order valence-corrected chi connectivity index (χ0v) is 11.6. The Kier molecular flexibility index (Phi) is 3.12. The molecule has 1 aromatic carbocycles. The van der Waals surface area contributed by atoms with E-state index < -0.39 is 0 Å². The minimum absolute atomic E-state index is 0.0620. The standard InChI is InChI=1S/C15H17N3O3/c19-14(10-1-2-12-13(7-10)17-9-16-12)18-4-3-11(8-18)15-20-5-6-21-15/h1-2,7,9,11,15H,3-6,8H2,(H,16,17). The lowest BCUT2D eigenvalue weighted by molar-refractivity contribution is -0.0793. The first kappa shape index (κ1) is 12.8. The van der Waals surface area contributed by atoms with Crippen molar-refractivity contribution in [3.8, 4) is 0 Å². The van der Waals surface area contributed by atoms with E-state index in [1.54, 1.807) is 6.33 Å². The highest BCUT2D eigenvalue weighted by atomic mass is 16.7. The smallest absolute Gasteiger partial charge is 0.253 e. The Bertz CT molecular complexity index is 663. The van der Waals surface area contributed by atoms with Crippen LogP contribution in [0.25, 0.3) is 11.0 Å². The van der Waals surface area contributed by atoms with Gasteiger partial charge < -0.3 is 19.4 Å². The Hall–Kier alpha value is -1.92. The lowest BCUT2D eigenvalue weighted by atomic mass is 10.1. The van der Waals surface area contributed by atoms with Gasteiger partial charge in [-0.3, -0.25) is 4.79 Å². The summed E-state index contributed by atoms with van der Waals surface area (Å²) in [7, 11) is 0. The molecule has 21 heavy (non-hydrogen) atoms. The third-order valence-corrected chi connectivity index (χ3v) is 4.21. The topological polar surface area (TPSA) is 67.5 Å². The van der Waals surface area contributed by atoms with Gasteiger partial charge in [0.25, 0.3) is 5.91 Å². The Morgan fingerprint density at radius 2 is 2.19 bits per heavy atom. The molecule has 2 aromatic rings.